The van der Waals surface area contributed by atoms with Crippen molar-refractivity contribution in [2.45, 2.75) is 12.5 Å². The third-order valence-corrected chi connectivity index (χ3v) is 3.52. The molecule has 0 aliphatic rings. The summed E-state index contributed by atoms with van der Waals surface area (Å²) < 4.78 is 4.44. The van der Waals surface area contributed by atoms with E-state index in [4.69, 9.17) is 11.6 Å². The summed E-state index contributed by atoms with van der Waals surface area (Å²) in [5.41, 5.74) is 0.625. The van der Waals surface area contributed by atoms with Crippen LogP contribution in [0.4, 0.5) is 0 Å². The van der Waals surface area contributed by atoms with Gasteiger partial charge in [-0.15, -0.1) is 16.4 Å². The van der Waals surface area contributed by atoms with Crippen LogP contribution < -0.4 is 0 Å². The SMILES string of the molecule is OC(Cc1ccc(Cl)s1)c1csnn1. The maximum atomic E-state index is 9.74. The Hall–Kier alpha value is -0.490. The molecule has 0 aliphatic heterocycles. The molecule has 1 N–H and O–H groups in total. The number of hydrogen-bond donors (Lipinski definition) is 1. The fraction of sp³-hybridized carbons (Fsp3) is 0.250. The van der Waals surface area contributed by atoms with Gasteiger partial charge >= 0.3 is 0 Å². The molecule has 0 saturated carbocycles. The molecule has 0 fully saturated rings. The lowest BCUT2D eigenvalue weighted by atomic mass is 10.2. The first-order valence-electron chi connectivity index (χ1n) is 3.95. The van der Waals surface area contributed by atoms with E-state index in [2.05, 4.69) is 9.59 Å². The van der Waals surface area contributed by atoms with Gasteiger partial charge < -0.3 is 5.11 Å². The second-order valence-corrected chi connectivity index (χ2v) is 5.16. The average molecular weight is 247 g/mol. The van der Waals surface area contributed by atoms with E-state index in [9.17, 15) is 5.11 Å². The zero-order valence-electron chi connectivity index (χ0n) is 7.05. The molecule has 0 aromatic carbocycles. The van der Waals surface area contributed by atoms with Crippen LogP contribution in [0, 0.1) is 0 Å². The molecule has 1 atom stereocenters. The van der Waals surface area contributed by atoms with Crippen molar-refractivity contribution in [1.29, 1.82) is 0 Å². The van der Waals surface area contributed by atoms with Crippen molar-refractivity contribution in [1.82, 2.24) is 9.59 Å². The lowest BCUT2D eigenvalue weighted by Crippen LogP contribution is -2.00. The Bertz CT molecular complexity index is 401. The largest absolute Gasteiger partial charge is 0.386 e. The van der Waals surface area contributed by atoms with Crippen molar-refractivity contribution in [2.75, 3.05) is 0 Å². The summed E-state index contributed by atoms with van der Waals surface area (Å²) in [5.74, 6) is 0. The number of hydrogen-bond acceptors (Lipinski definition) is 5. The monoisotopic (exact) mass is 246 g/mol. The van der Waals surface area contributed by atoms with Gasteiger partial charge in [-0.1, -0.05) is 16.1 Å². The summed E-state index contributed by atoms with van der Waals surface area (Å²) in [6.45, 7) is 0. The van der Waals surface area contributed by atoms with Gasteiger partial charge in [-0.3, -0.25) is 0 Å². The first-order valence-corrected chi connectivity index (χ1v) is 5.98. The molecule has 0 spiro atoms. The van der Waals surface area contributed by atoms with Crippen LogP contribution >= 0.6 is 34.5 Å². The van der Waals surface area contributed by atoms with Crippen LogP contribution in [0.25, 0.3) is 0 Å². The van der Waals surface area contributed by atoms with Crippen molar-refractivity contribution in [3.63, 3.8) is 0 Å². The summed E-state index contributed by atoms with van der Waals surface area (Å²) in [6, 6.07) is 3.74. The maximum absolute atomic E-state index is 9.74. The van der Waals surface area contributed by atoms with E-state index in [1.807, 2.05) is 12.1 Å². The van der Waals surface area contributed by atoms with Gasteiger partial charge in [0.15, 0.2) is 0 Å². The molecule has 0 aliphatic carbocycles. The first-order chi connectivity index (χ1) is 6.75. The molecular formula is C8H7ClN2OS2. The fourth-order valence-corrected chi connectivity index (χ4v) is 2.70. The highest BCUT2D eigenvalue weighted by atomic mass is 35.5. The zero-order chi connectivity index (χ0) is 9.97. The molecule has 2 aromatic rings. The van der Waals surface area contributed by atoms with Crippen LogP contribution in [0.5, 0.6) is 0 Å². The number of nitrogens with zero attached hydrogens (tertiary/aromatic N) is 2. The lowest BCUT2D eigenvalue weighted by molar-refractivity contribution is 0.174. The second-order valence-electron chi connectivity index (χ2n) is 2.76. The molecule has 14 heavy (non-hydrogen) atoms. The highest BCUT2D eigenvalue weighted by Gasteiger charge is 2.12. The van der Waals surface area contributed by atoms with E-state index in [-0.39, 0.29) is 0 Å². The molecule has 6 heteroatoms. The topological polar surface area (TPSA) is 46.0 Å². The number of aliphatic hydroxyl groups excluding tert-OH is 1. The van der Waals surface area contributed by atoms with Crippen molar-refractivity contribution in [3.05, 3.63) is 32.4 Å². The highest BCUT2D eigenvalue weighted by molar-refractivity contribution is 7.16. The summed E-state index contributed by atoms with van der Waals surface area (Å²) in [4.78, 5) is 1.05. The van der Waals surface area contributed by atoms with Gasteiger partial charge in [0.2, 0.25) is 0 Å². The Morgan fingerprint density at radius 1 is 1.50 bits per heavy atom. The predicted octanol–water partition coefficient (Wildman–Crippen LogP) is 2.53. The van der Waals surface area contributed by atoms with Crippen molar-refractivity contribution in [3.8, 4) is 0 Å². The van der Waals surface area contributed by atoms with Crippen LogP contribution in [-0.2, 0) is 6.42 Å². The van der Waals surface area contributed by atoms with E-state index in [1.54, 1.807) is 5.38 Å². The van der Waals surface area contributed by atoms with Gasteiger partial charge in [0.25, 0.3) is 0 Å². The molecule has 0 bridgehead atoms. The Morgan fingerprint density at radius 3 is 2.93 bits per heavy atom. The van der Waals surface area contributed by atoms with E-state index < -0.39 is 6.10 Å². The van der Waals surface area contributed by atoms with Crippen molar-refractivity contribution < 1.29 is 5.11 Å². The second kappa shape index (κ2) is 4.35. The smallest absolute Gasteiger partial charge is 0.104 e. The summed E-state index contributed by atoms with van der Waals surface area (Å²) in [7, 11) is 0. The van der Waals surface area contributed by atoms with Gasteiger partial charge in [0.05, 0.1) is 4.34 Å². The van der Waals surface area contributed by atoms with Crippen LogP contribution in [0.1, 0.15) is 16.7 Å². The fourth-order valence-electron chi connectivity index (χ4n) is 1.07. The highest BCUT2D eigenvalue weighted by Crippen LogP contribution is 2.25. The number of thiophene rings is 1. The number of aromatic nitrogens is 2. The van der Waals surface area contributed by atoms with Crippen LogP contribution in [0.3, 0.4) is 0 Å². The molecule has 2 rings (SSSR count). The Kier molecular flexibility index (Phi) is 3.12. The number of rotatable bonds is 3. The lowest BCUT2D eigenvalue weighted by Gasteiger charge is -2.03. The third kappa shape index (κ3) is 2.30. The van der Waals surface area contributed by atoms with E-state index in [0.717, 1.165) is 9.21 Å². The summed E-state index contributed by atoms with van der Waals surface area (Å²) in [5, 5.41) is 15.3. The molecule has 0 amide bonds. The minimum absolute atomic E-state index is 0.544. The average Bonchev–Trinajstić information content (AvgIpc) is 2.75. The third-order valence-electron chi connectivity index (χ3n) is 1.74. The molecule has 2 aromatic heterocycles. The molecule has 0 saturated heterocycles. The van der Waals surface area contributed by atoms with Crippen LogP contribution in [-0.4, -0.2) is 14.7 Å². The van der Waals surface area contributed by atoms with Gasteiger partial charge in [-0.2, -0.15) is 0 Å². The van der Waals surface area contributed by atoms with Crippen LogP contribution in [0.15, 0.2) is 17.5 Å². The number of halogens is 1. The summed E-state index contributed by atoms with van der Waals surface area (Å²) in [6.07, 6.45) is -0.0357. The number of aliphatic hydroxyl groups is 1. The van der Waals surface area contributed by atoms with Crippen molar-refractivity contribution >= 4 is 34.5 Å². The normalized spacial score (nSPS) is 13.0. The predicted molar refractivity (Wildman–Crippen MR) is 57.9 cm³/mol. The van der Waals surface area contributed by atoms with Gasteiger partial charge in [0.1, 0.15) is 11.8 Å². The molecule has 74 valence electrons. The molecule has 3 nitrogen and oxygen atoms in total. The Labute approximate surface area is 94.1 Å². The zero-order valence-corrected chi connectivity index (χ0v) is 9.44. The van der Waals surface area contributed by atoms with Gasteiger partial charge in [0, 0.05) is 16.7 Å². The molecule has 1 unspecified atom stereocenters. The van der Waals surface area contributed by atoms with E-state index in [1.165, 1.54) is 22.9 Å². The van der Waals surface area contributed by atoms with E-state index >= 15 is 0 Å². The Morgan fingerprint density at radius 2 is 2.36 bits per heavy atom. The summed E-state index contributed by atoms with van der Waals surface area (Å²) >= 11 is 8.49. The minimum atomic E-state index is -0.580. The maximum Gasteiger partial charge on any atom is 0.104 e. The van der Waals surface area contributed by atoms with Gasteiger partial charge in [-0.25, -0.2) is 0 Å². The molecule has 2 heterocycles. The molecule has 0 radical (unpaired) electrons. The van der Waals surface area contributed by atoms with Crippen LogP contribution in [0.2, 0.25) is 4.34 Å². The molecular weight excluding hydrogens is 240 g/mol. The standard InChI is InChI=1S/C8H7ClN2OS2/c9-8-2-1-5(14-8)3-7(12)6-4-13-11-10-6/h1-2,4,7,12H,3H2. The Balaban J connectivity index is 2.05. The van der Waals surface area contributed by atoms with Crippen molar-refractivity contribution in [2.24, 2.45) is 0 Å². The minimum Gasteiger partial charge on any atom is -0.386 e. The van der Waals surface area contributed by atoms with E-state index in [0.29, 0.717) is 12.1 Å². The quantitative estimate of drug-likeness (QED) is 0.905. The van der Waals surface area contributed by atoms with Gasteiger partial charge in [-0.05, 0) is 23.7 Å². The first kappa shape index (κ1) is 10.0.